The summed E-state index contributed by atoms with van der Waals surface area (Å²) in [5.41, 5.74) is 2.10. The van der Waals surface area contributed by atoms with Crippen LogP contribution in [0, 0.1) is 5.82 Å². The minimum Gasteiger partial charge on any atom is -0.309 e. The van der Waals surface area contributed by atoms with Crippen molar-refractivity contribution in [3.63, 3.8) is 0 Å². The van der Waals surface area contributed by atoms with Gasteiger partial charge < -0.3 is 5.32 Å². The molecule has 1 nitrogen and oxygen atoms in total. The van der Waals surface area contributed by atoms with Crippen molar-refractivity contribution in [2.24, 2.45) is 0 Å². The standard InChI is InChI=1S/C14H14FNS/c1-9-14-10(6-7-16-9)8-13(17-14)11-4-2-3-5-12(11)15/h2-5,8-9,16H,6-7H2,1H3. The Morgan fingerprint density at radius 1 is 1.35 bits per heavy atom. The molecular formula is C14H14FNS. The summed E-state index contributed by atoms with van der Waals surface area (Å²) in [6.07, 6.45) is 1.05. The molecule has 1 atom stereocenters. The second kappa shape index (κ2) is 4.24. The van der Waals surface area contributed by atoms with Gasteiger partial charge in [0.05, 0.1) is 0 Å². The van der Waals surface area contributed by atoms with Gasteiger partial charge in [0.25, 0.3) is 0 Å². The molecule has 1 aliphatic heterocycles. The van der Waals surface area contributed by atoms with Crippen LogP contribution in [-0.2, 0) is 6.42 Å². The van der Waals surface area contributed by atoms with Crippen molar-refractivity contribution < 1.29 is 4.39 Å². The van der Waals surface area contributed by atoms with Crippen molar-refractivity contribution in [3.05, 3.63) is 46.6 Å². The van der Waals surface area contributed by atoms with E-state index in [-0.39, 0.29) is 5.82 Å². The Balaban J connectivity index is 2.08. The fraction of sp³-hybridized carbons (Fsp3) is 0.286. The van der Waals surface area contributed by atoms with Crippen molar-refractivity contribution in [2.45, 2.75) is 19.4 Å². The predicted octanol–water partition coefficient (Wildman–Crippen LogP) is 3.76. The number of thiophene rings is 1. The minimum absolute atomic E-state index is 0.133. The number of nitrogens with one attached hydrogen (secondary N) is 1. The normalized spacial score (nSPS) is 19.1. The first-order valence-corrected chi connectivity index (χ1v) is 6.68. The third-order valence-corrected chi connectivity index (χ3v) is 4.61. The third-order valence-electron chi connectivity index (χ3n) is 3.22. The van der Waals surface area contributed by atoms with E-state index in [0.29, 0.717) is 6.04 Å². The first-order chi connectivity index (χ1) is 8.25. The third kappa shape index (κ3) is 1.90. The second-order valence-corrected chi connectivity index (χ2v) is 5.49. The second-order valence-electron chi connectivity index (χ2n) is 4.41. The fourth-order valence-electron chi connectivity index (χ4n) is 2.31. The molecule has 0 saturated carbocycles. The van der Waals surface area contributed by atoms with Gasteiger partial charge in [0.15, 0.2) is 0 Å². The summed E-state index contributed by atoms with van der Waals surface area (Å²) in [5, 5.41) is 3.43. The maximum absolute atomic E-state index is 13.7. The Bertz CT molecular complexity index is 547. The van der Waals surface area contributed by atoms with E-state index in [1.807, 2.05) is 12.1 Å². The lowest BCUT2D eigenvalue weighted by atomic mass is 10.0. The Morgan fingerprint density at radius 2 is 2.18 bits per heavy atom. The number of hydrogen-bond donors (Lipinski definition) is 1. The summed E-state index contributed by atoms with van der Waals surface area (Å²) in [6.45, 7) is 3.18. The van der Waals surface area contributed by atoms with Gasteiger partial charge in [-0.15, -0.1) is 11.3 Å². The molecule has 3 rings (SSSR count). The fourth-order valence-corrected chi connectivity index (χ4v) is 3.58. The highest BCUT2D eigenvalue weighted by molar-refractivity contribution is 7.15. The van der Waals surface area contributed by atoms with Crippen molar-refractivity contribution in [3.8, 4) is 10.4 Å². The predicted molar refractivity (Wildman–Crippen MR) is 69.8 cm³/mol. The molecule has 17 heavy (non-hydrogen) atoms. The SMILES string of the molecule is CC1NCCc2cc(-c3ccccc3F)sc21. The van der Waals surface area contributed by atoms with Crippen LogP contribution >= 0.6 is 11.3 Å². The molecule has 0 aliphatic carbocycles. The maximum Gasteiger partial charge on any atom is 0.131 e. The van der Waals surface area contributed by atoms with Gasteiger partial charge in [-0.1, -0.05) is 18.2 Å². The van der Waals surface area contributed by atoms with Crippen LogP contribution in [0.3, 0.4) is 0 Å². The summed E-state index contributed by atoms with van der Waals surface area (Å²) in [4.78, 5) is 2.40. The van der Waals surface area contributed by atoms with Crippen molar-refractivity contribution in [1.82, 2.24) is 5.32 Å². The van der Waals surface area contributed by atoms with E-state index in [1.165, 1.54) is 16.5 Å². The largest absolute Gasteiger partial charge is 0.309 e. The van der Waals surface area contributed by atoms with Gasteiger partial charge in [-0.05, 0) is 37.6 Å². The molecule has 0 fully saturated rings. The minimum atomic E-state index is -0.133. The van der Waals surface area contributed by atoms with Crippen molar-refractivity contribution >= 4 is 11.3 Å². The van der Waals surface area contributed by atoms with Gasteiger partial charge in [-0.25, -0.2) is 4.39 Å². The van der Waals surface area contributed by atoms with Gasteiger partial charge in [0, 0.05) is 21.4 Å². The maximum atomic E-state index is 13.7. The highest BCUT2D eigenvalue weighted by atomic mass is 32.1. The summed E-state index contributed by atoms with van der Waals surface area (Å²) < 4.78 is 13.7. The molecule has 0 amide bonds. The Morgan fingerprint density at radius 3 is 2.94 bits per heavy atom. The van der Waals surface area contributed by atoms with E-state index >= 15 is 0 Å². The molecule has 0 radical (unpaired) electrons. The van der Waals surface area contributed by atoms with Crippen LogP contribution in [0.5, 0.6) is 0 Å². The average Bonchev–Trinajstić information content (AvgIpc) is 2.75. The zero-order valence-corrected chi connectivity index (χ0v) is 10.5. The molecule has 1 N–H and O–H groups in total. The summed E-state index contributed by atoms with van der Waals surface area (Å²) >= 11 is 1.71. The van der Waals surface area contributed by atoms with E-state index in [1.54, 1.807) is 17.4 Å². The number of halogens is 1. The summed E-state index contributed by atoms with van der Waals surface area (Å²) in [5.74, 6) is -0.133. The van der Waals surface area contributed by atoms with Crippen LogP contribution in [-0.4, -0.2) is 6.54 Å². The summed E-state index contributed by atoms with van der Waals surface area (Å²) in [6, 6.07) is 9.54. The lowest BCUT2D eigenvalue weighted by molar-refractivity contribution is 0.551. The average molecular weight is 247 g/mol. The summed E-state index contributed by atoms with van der Waals surface area (Å²) in [7, 11) is 0. The number of hydrogen-bond acceptors (Lipinski definition) is 2. The first-order valence-electron chi connectivity index (χ1n) is 5.86. The van der Waals surface area contributed by atoms with Gasteiger partial charge in [-0.2, -0.15) is 0 Å². The topological polar surface area (TPSA) is 12.0 Å². The highest BCUT2D eigenvalue weighted by Gasteiger charge is 2.20. The molecular weight excluding hydrogens is 233 g/mol. The Hall–Kier alpha value is -1.19. The molecule has 1 aromatic heterocycles. The molecule has 2 heterocycles. The lowest BCUT2D eigenvalue weighted by Gasteiger charge is -2.19. The van der Waals surface area contributed by atoms with E-state index in [9.17, 15) is 4.39 Å². The van der Waals surface area contributed by atoms with Crippen LogP contribution in [0.4, 0.5) is 4.39 Å². The van der Waals surface area contributed by atoms with E-state index < -0.39 is 0 Å². The zero-order chi connectivity index (χ0) is 11.8. The monoisotopic (exact) mass is 247 g/mol. The molecule has 0 bridgehead atoms. The highest BCUT2D eigenvalue weighted by Crippen LogP contribution is 2.37. The molecule has 1 aromatic carbocycles. The molecule has 2 aromatic rings. The number of rotatable bonds is 1. The van der Waals surface area contributed by atoms with Gasteiger partial charge in [0.1, 0.15) is 5.82 Å². The quantitative estimate of drug-likeness (QED) is 0.809. The number of benzene rings is 1. The number of fused-ring (bicyclic) bond motifs is 1. The smallest absolute Gasteiger partial charge is 0.131 e. The van der Waals surface area contributed by atoms with Crippen LogP contribution < -0.4 is 5.32 Å². The van der Waals surface area contributed by atoms with Crippen LogP contribution in [0.15, 0.2) is 30.3 Å². The molecule has 1 aliphatic rings. The van der Waals surface area contributed by atoms with Gasteiger partial charge in [0.2, 0.25) is 0 Å². The van der Waals surface area contributed by atoms with Crippen LogP contribution in [0.2, 0.25) is 0 Å². The Kier molecular flexibility index (Phi) is 2.73. The molecule has 3 heteroatoms. The zero-order valence-electron chi connectivity index (χ0n) is 9.66. The van der Waals surface area contributed by atoms with Crippen LogP contribution in [0.25, 0.3) is 10.4 Å². The van der Waals surface area contributed by atoms with E-state index in [0.717, 1.165) is 23.4 Å². The van der Waals surface area contributed by atoms with Crippen LogP contribution in [0.1, 0.15) is 23.4 Å². The van der Waals surface area contributed by atoms with Gasteiger partial charge in [-0.3, -0.25) is 0 Å². The molecule has 0 saturated heterocycles. The van der Waals surface area contributed by atoms with Gasteiger partial charge >= 0.3 is 0 Å². The van der Waals surface area contributed by atoms with Crippen molar-refractivity contribution in [2.75, 3.05) is 6.54 Å². The molecule has 0 spiro atoms. The Labute approximate surface area is 104 Å². The van der Waals surface area contributed by atoms with E-state index in [4.69, 9.17) is 0 Å². The lowest BCUT2D eigenvalue weighted by Crippen LogP contribution is -2.26. The molecule has 88 valence electrons. The van der Waals surface area contributed by atoms with Crippen molar-refractivity contribution in [1.29, 1.82) is 0 Å². The van der Waals surface area contributed by atoms with E-state index in [2.05, 4.69) is 18.3 Å². The first kappa shape index (κ1) is 10.9. The molecule has 1 unspecified atom stereocenters.